The monoisotopic (exact) mass is 305 g/mol. The molecule has 0 N–H and O–H groups in total. The zero-order valence-corrected chi connectivity index (χ0v) is 12.7. The average Bonchev–Trinajstić information content (AvgIpc) is 3.01. The van der Waals surface area contributed by atoms with E-state index < -0.39 is 5.72 Å². The Bertz CT molecular complexity index is 667. The predicted molar refractivity (Wildman–Crippen MR) is 80.2 cm³/mol. The molecular formula is C15H16ClN3O2. The highest BCUT2D eigenvalue weighted by Crippen LogP contribution is 2.29. The van der Waals surface area contributed by atoms with Crippen LogP contribution in [0.25, 0.3) is 11.3 Å². The summed E-state index contributed by atoms with van der Waals surface area (Å²) in [6.07, 6.45) is 1.46. The summed E-state index contributed by atoms with van der Waals surface area (Å²) in [5.74, 6) is 0. The van der Waals surface area contributed by atoms with Gasteiger partial charge in [0.05, 0.1) is 6.61 Å². The normalized spacial score (nSPS) is 17.2. The fourth-order valence-electron chi connectivity index (χ4n) is 2.45. The molecule has 0 aliphatic carbocycles. The first-order valence-corrected chi connectivity index (χ1v) is 7.13. The Morgan fingerprint density at radius 3 is 2.67 bits per heavy atom. The topological polar surface area (TPSA) is 47.4 Å². The fourth-order valence-corrected chi connectivity index (χ4v) is 2.72. The Morgan fingerprint density at radius 2 is 2.05 bits per heavy atom. The Hall–Kier alpha value is -1.85. The Balaban J connectivity index is 1.94. The van der Waals surface area contributed by atoms with Gasteiger partial charge in [0, 0.05) is 12.1 Å². The first kappa shape index (κ1) is 14.1. The van der Waals surface area contributed by atoms with E-state index in [-0.39, 0.29) is 6.03 Å². The number of hydrogen-bond acceptors (Lipinski definition) is 3. The van der Waals surface area contributed by atoms with Crippen molar-refractivity contribution in [2.75, 3.05) is 13.2 Å². The fraction of sp³-hybridized carbons (Fsp3) is 0.333. The van der Waals surface area contributed by atoms with Crippen LogP contribution in [0.1, 0.15) is 13.8 Å². The quantitative estimate of drug-likeness (QED) is 0.812. The van der Waals surface area contributed by atoms with E-state index in [1.54, 1.807) is 4.90 Å². The number of ether oxygens (including phenoxy) is 1. The molecule has 0 bridgehead atoms. The van der Waals surface area contributed by atoms with Crippen LogP contribution in [0.5, 0.6) is 0 Å². The van der Waals surface area contributed by atoms with E-state index in [0.29, 0.717) is 24.0 Å². The first-order valence-electron chi connectivity index (χ1n) is 6.75. The lowest BCUT2D eigenvalue weighted by Crippen LogP contribution is -2.45. The second kappa shape index (κ2) is 5.16. The van der Waals surface area contributed by atoms with Gasteiger partial charge in [-0.2, -0.15) is 0 Å². The Kier molecular flexibility index (Phi) is 3.47. The maximum Gasteiger partial charge on any atom is 0.332 e. The molecule has 0 spiro atoms. The van der Waals surface area contributed by atoms with Crippen LogP contribution in [0.2, 0.25) is 5.15 Å². The third kappa shape index (κ3) is 2.43. The second-order valence-corrected chi connectivity index (χ2v) is 5.71. The van der Waals surface area contributed by atoms with Crippen LogP contribution < -0.4 is 0 Å². The highest BCUT2D eigenvalue weighted by Gasteiger charge is 2.38. The van der Waals surface area contributed by atoms with Gasteiger partial charge in [0.25, 0.3) is 0 Å². The molecule has 1 aliphatic heterocycles. The van der Waals surface area contributed by atoms with Gasteiger partial charge in [0.1, 0.15) is 22.9 Å². The maximum absolute atomic E-state index is 12.6. The molecule has 0 unspecified atom stereocenters. The molecule has 1 saturated heterocycles. The molecule has 3 rings (SSSR count). The summed E-state index contributed by atoms with van der Waals surface area (Å²) in [7, 11) is 0. The van der Waals surface area contributed by atoms with E-state index in [1.807, 2.05) is 44.2 Å². The molecule has 0 radical (unpaired) electrons. The molecular weight excluding hydrogens is 290 g/mol. The molecule has 21 heavy (non-hydrogen) atoms. The molecule has 2 heterocycles. The van der Waals surface area contributed by atoms with E-state index in [9.17, 15) is 4.79 Å². The molecule has 0 atom stereocenters. The number of carbonyl (C=O) groups excluding carboxylic acids is 1. The van der Waals surface area contributed by atoms with Crippen LogP contribution in [0.3, 0.4) is 0 Å². The number of benzene rings is 1. The lowest BCUT2D eigenvalue weighted by atomic mass is 10.2. The van der Waals surface area contributed by atoms with E-state index >= 15 is 0 Å². The largest absolute Gasteiger partial charge is 0.354 e. The predicted octanol–water partition coefficient (Wildman–Crippen LogP) is 3.24. The molecule has 1 aromatic carbocycles. The number of amides is 1. The lowest BCUT2D eigenvalue weighted by molar-refractivity contribution is -0.0305. The summed E-state index contributed by atoms with van der Waals surface area (Å²) in [4.78, 5) is 18.5. The zero-order valence-electron chi connectivity index (χ0n) is 11.9. The molecule has 1 aromatic heterocycles. The highest BCUT2D eigenvalue weighted by atomic mass is 35.5. The summed E-state index contributed by atoms with van der Waals surface area (Å²) in [6, 6.07) is 9.33. The third-order valence-electron chi connectivity index (χ3n) is 3.61. The van der Waals surface area contributed by atoms with E-state index in [1.165, 1.54) is 10.9 Å². The van der Waals surface area contributed by atoms with Crippen molar-refractivity contribution >= 4 is 17.6 Å². The standard InChI is InChI=1S/C15H16ClN3O2/c1-15(2)19(8-9-21-15)14(20)18-10-17-12(13(18)16)11-6-4-3-5-7-11/h3-7,10H,8-9H2,1-2H3. The van der Waals surface area contributed by atoms with E-state index in [2.05, 4.69) is 4.98 Å². The van der Waals surface area contributed by atoms with Gasteiger partial charge in [-0.3, -0.25) is 4.90 Å². The summed E-state index contributed by atoms with van der Waals surface area (Å²) < 4.78 is 6.92. The third-order valence-corrected chi connectivity index (χ3v) is 3.97. The molecule has 1 amide bonds. The van der Waals surface area contributed by atoms with E-state index in [0.717, 1.165) is 5.56 Å². The van der Waals surface area contributed by atoms with Gasteiger partial charge in [0.2, 0.25) is 0 Å². The number of aromatic nitrogens is 2. The zero-order chi connectivity index (χ0) is 15.0. The molecule has 2 aromatic rings. The number of hydrogen-bond donors (Lipinski definition) is 0. The number of imidazole rings is 1. The van der Waals surface area contributed by atoms with Crippen LogP contribution in [0.4, 0.5) is 4.79 Å². The molecule has 1 aliphatic rings. The van der Waals surface area contributed by atoms with Crippen molar-refractivity contribution in [3.63, 3.8) is 0 Å². The average molecular weight is 306 g/mol. The van der Waals surface area contributed by atoms with Crippen LogP contribution in [-0.4, -0.2) is 39.4 Å². The maximum atomic E-state index is 12.6. The van der Waals surface area contributed by atoms with Gasteiger partial charge in [-0.1, -0.05) is 41.9 Å². The molecule has 6 heteroatoms. The number of nitrogens with zero attached hydrogens (tertiary/aromatic N) is 3. The van der Waals surface area contributed by atoms with Gasteiger partial charge in [-0.15, -0.1) is 0 Å². The molecule has 1 fully saturated rings. The summed E-state index contributed by atoms with van der Waals surface area (Å²) >= 11 is 6.34. The minimum Gasteiger partial charge on any atom is -0.354 e. The molecule has 110 valence electrons. The smallest absolute Gasteiger partial charge is 0.332 e. The minimum atomic E-state index is -0.627. The second-order valence-electron chi connectivity index (χ2n) is 5.35. The number of carbonyl (C=O) groups is 1. The van der Waals surface area contributed by atoms with Crippen molar-refractivity contribution in [3.8, 4) is 11.3 Å². The molecule has 0 saturated carbocycles. The van der Waals surface area contributed by atoms with Crippen molar-refractivity contribution in [2.45, 2.75) is 19.6 Å². The Morgan fingerprint density at radius 1 is 1.33 bits per heavy atom. The summed E-state index contributed by atoms with van der Waals surface area (Å²) in [6.45, 7) is 4.79. The summed E-state index contributed by atoms with van der Waals surface area (Å²) in [5.41, 5.74) is 0.854. The van der Waals surface area contributed by atoms with Crippen molar-refractivity contribution in [1.29, 1.82) is 0 Å². The minimum absolute atomic E-state index is 0.225. The molecule has 5 nitrogen and oxygen atoms in total. The van der Waals surface area contributed by atoms with Gasteiger partial charge < -0.3 is 4.74 Å². The number of halogens is 1. The van der Waals surface area contributed by atoms with Crippen LogP contribution in [-0.2, 0) is 4.74 Å². The van der Waals surface area contributed by atoms with E-state index in [4.69, 9.17) is 16.3 Å². The van der Waals surface area contributed by atoms with Gasteiger partial charge >= 0.3 is 6.03 Å². The van der Waals surface area contributed by atoms with Gasteiger partial charge in [0.15, 0.2) is 0 Å². The SMILES string of the molecule is CC1(C)OCCN1C(=O)n1cnc(-c2ccccc2)c1Cl. The van der Waals surface area contributed by atoms with Crippen molar-refractivity contribution in [3.05, 3.63) is 41.8 Å². The van der Waals surface area contributed by atoms with Crippen LogP contribution in [0.15, 0.2) is 36.7 Å². The highest BCUT2D eigenvalue weighted by molar-refractivity contribution is 6.33. The lowest BCUT2D eigenvalue weighted by Gasteiger charge is -2.29. The van der Waals surface area contributed by atoms with Crippen molar-refractivity contribution < 1.29 is 9.53 Å². The Labute approximate surface area is 128 Å². The van der Waals surface area contributed by atoms with Gasteiger partial charge in [-0.05, 0) is 13.8 Å². The first-order chi connectivity index (χ1) is 10.0. The van der Waals surface area contributed by atoms with Crippen LogP contribution >= 0.6 is 11.6 Å². The summed E-state index contributed by atoms with van der Waals surface area (Å²) in [5, 5.41) is 0.314. The van der Waals surface area contributed by atoms with Crippen molar-refractivity contribution in [1.82, 2.24) is 14.5 Å². The van der Waals surface area contributed by atoms with Gasteiger partial charge in [-0.25, -0.2) is 14.3 Å². The number of rotatable bonds is 1. The van der Waals surface area contributed by atoms with Crippen molar-refractivity contribution in [2.24, 2.45) is 0 Å². The van der Waals surface area contributed by atoms with Crippen LogP contribution in [0, 0.1) is 0 Å².